The minimum atomic E-state index is -0.650. The highest BCUT2D eigenvalue weighted by Gasteiger charge is 2.35. The Morgan fingerprint density at radius 2 is 1.67 bits per heavy atom. The highest BCUT2D eigenvalue weighted by Crippen LogP contribution is 2.39. The molecule has 1 aliphatic rings. The number of benzene rings is 3. The predicted octanol–water partition coefficient (Wildman–Crippen LogP) is 7.76. The van der Waals surface area contributed by atoms with Gasteiger partial charge in [-0.25, -0.2) is 4.79 Å². The predicted molar refractivity (Wildman–Crippen MR) is 142 cm³/mol. The summed E-state index contributed by atoms with van der Waals surface area (Å²) in [5, 5.41) is 0.840. The van der Waals surface area contributed by atoms with Crippen LogP contribution in [0, 0.1) is 0 Å². The Hall–Kier alpha value is -2.68. The number of esters is 1. The Labute approximate surface area is 230 Å². The Morgan fingerprint density at radius 1 is 0.944 bits per heavy atom. The van der Waals surface area contributed by atoms with Gasteiger partial charge in [0, 0.05) is 5.02 Å². The van der Waals surface area contributed by atoms with Crippen LogP contribution in [-0.2, 0) is 11.3 Å². The molecule has 0 atom stereocenters. The van der Waals surface area contributed by atoms with E-state index in [0.29, 0.717) is 26.2 Å². The van der Waals surface area contributed by atoms with E-state index in [2.05, 4.69) is 0 Å². The zero-order valence-corrected chi connectivity index (χ0v) is 22.2. The third kappa shape index (κ3) is 5.82. The van der Waals surface area contributed by atoms with Crippen molar-refractivity contribution in [2.24, 2.45) is 0 Å². The Bertz CT molecular complexity index is 1410. The molecule has 0 bridgehead atoms. The van der Waals surface area contributed by atoms with Crippen molar-refractivity contribution in [3.63, 3.8) is 0 Å². The van der Waals surface area contributed by atoms with Crippen molar-refractivity contribution in [1.82, 2.24) is 4.90 Å². The third-order valence-electron chi connectivity index (χ3n) is 5.02. The second-order valence-corrected chi connectivity index (χ2v) is 10.1. The molecule has 4 rings (SSSR count). The summed E-state index contributed by atoms with van der Waals surface area (Å²) in [6.45, 7) is 0.0442. The minimum Gasteiger partial charge on any atom is -0.493 e. The maximum absolute atomic E-state index is 12.9. The standard InChI is InChI=1S/C25H15Cl4NO5S/c1-34-20-10-14(9-19(29)22(20)35-24(32)15-3-5-16(26)6-4-15)11-21-23(31)30(25(33)36-21)12-13-2-7-17(27)18(28)8-13/h2-11H,12H2,1H3/b21-11-. The average molecular weight is 583 g/mol. The van der Waals surface area contributed by atoms with Gasteiger partial charge in [0.1, 0.15) is 0 Å². The van der Waals surface area contributed by atoms with E-state index in [0.717, 1.165) is 16.7 Å². The number of hydrogen-bond donors (Lipinski definition) is 0. The molecule has 0 saturated carbocycles. The number of imide groups is 1. The van der Waals surface area contributed by atoms with Crippen molar-refractivity contribution < 1.29 is 23.9 Å². The van der Waals surface area contributed by atoms with E-state index in [1.165, 1.54) is 31.4 Å². The largest absolute Gasteiger partial charge is 0.493 e. The zero-order valence-electron chi connectivity index (χ0n) is 18.4. The minimum absolute atomic E-state index is 0.0176. The first-order chi connectivity index (χ1) is 17.2. The molecule has 0 aliphatic carbocycles. The summed E-state index contributed by atoms with van der Waals surface area (Å²) in [5.74, 6) is -0.928. The van der Waals surface area contributed by atoms with E-state index in [9.17, 15) is 14.4 Å². The molecule has 3 aromatic rings. The lowest BCUT2D eigenvalue weighted by Gasteiger charge is -2.13. The Kier molecular flexibility index (Phi) is 8.17. The smallest absolute Gasteiger partial charge is 0.343 e. The van der Waals surface area contributed by atoms with Crippen LogP contribution in [0.2, 0.25) is 20.1 Å². The molecule has 1 fully saturated rings. The van der Waals surface area contributed by atoms with Gasteiger partial charge in [-0.1, -0.05) is 52.5 Å². The molecule has 0 spiro atoms. The van der Waals surface area contributed by atoms with Crippen LogP contribution in [-0.4, -0.2) is 29.1 Å². The molecule has 3 aromatic carbocycles. The van der Waals surface area contributed by atoms with Gasteiger partial charge < -0.3 is 9.47 Å². The highest BCUT2D eigenvalue weighted by atomic mass is 35.5. The quantitative estimate of drug-likeness (QED) is 0.168. The van der Waals surface area contributed by atoms with E-state index in [4.69, 9.17) is 55.9 Å². The fraction of sp³-hybridized carbons (Fsp3) is 0.0800. The molecule has 0 aromatic heterocycles. The van der Waals surface area contributed by atoms with Crippen LogP contribution < -0.4 is 9.47 Å². The van der Waals surface area contributed by atoms with Gasteiger partial charge in [0.2, 0.25) is 0 Å². The number of amides is 2. The van der Waals surface area contributed by atoms with Gasteiger partial charge in [-0.2, -0.15) is 0 Å². The molecule has 184 valence electrons. The lowest BCUT2D eigenvalue weighted by Crippen LogP contribution is -2.27. The van der Waals surface area contributed by atoms with Gasteiger partial charge in [0.15, 0.2) is 11.5 Å². The molecule has 11 heteroatoms. The molecule has 1 aliphatic heterocycles. The number of carbonyl (C=O) groups is 3. The van der Waals surface area contributed by atoms with Gasteiger partial charge in [-0.15, -0.1) is 0 Å². The summed E-state index contributed by atoms with van der Waals surface area (Å²) in [6, 6.07) is 14.1. The monoisotopic (exact) mass is 581 g/mol. The van der Waals surface area contributed by atoms with E-state index >= 15 is 0 Å². The normalized spacial score (nSPS) is 14.5. The molecule has 0 N–H and O–H groups in total. The van der Waals surface area contributed by atoms with E-state index in [-0.39, 0.29) is 33.5 Å². The summed E-state index contributed by atoms with van der Waals surface area (Å²) in [7, 11) is 1.39. The number of thioether (sulfide) groups is 1. The van der Waals surface area contributed by atoms with Crippen molar-refractivity contribution in [3.8, 4) is 11.5 Å². The Balaban J connectivity index is 1.56. The maximum atomic E-state index is 12.9. The van der Waals surface area contributed by atoms with Crippen molar-refractivity contribution in [3.05, 3.63) is 96.3 Å². The number of nitrogens with zero attached hydrogens (tertiary/aromatic N) is 1. The Morgan fingerprint density at radius 3 is 2.33 bits per heavy atom. The molecule has 2 amide bonds. The summed E-state index contributed by atoms with van der Waals surface area (Å²) in [5.41, 5.74) is 1.41. The van der Waals surface area contributed by atoms with Crippen LogP contribution in [0.5, 0.6) is 11.5 Å². The van der Waals surface area contributed by atoms with Crippen LogP contribution in [0.15, 0.2) is 59.5 Å². The number of methoxy groups -OCH3 is 1. The summed E-state index contributed by atoms with van der Waals surface area (Å²) < 4.78 is 10.8. The number of hydrogen-bond acceptors (Lipinski definition) is 6. The summed E-state index contributed by atoms with van der Waals surface area (Å²) in [6.07, 6.45) is 1.51. The lowest BCUT2D eigenvalue weighted by atomic mass is 10.1. The first-order valence-corrected chi connectivity index (χ1v) is 12.5. The van der Waals surface area contributed by atoms with Crippen LogP contribution in [0.25, 0.3) is 6.08 Å². The molecular formula is C25H15Cl4NO5S. The first-order valence-electron chi connectivity index (χ1n) is 10.2. The molecule has 1 heterocycles. The zero-order chi connectivity index (χ0) is 26.0. The van der Waals surface area contributed by atoms with Crippen molar-refractivity contribution in [2.75, 3.05) is 7.11 Å². The SMILES string of the molecule is COc1cc(/C=C2\SC(=O)N(Cc3ccc(Cl)c(Cl)c3)C2=O)cc(Cl)c1OC(=O)c1ccc(Cl)cc1. The van der Waals surface area contributed by atoms with E-state index in [1.54, 1.807) is 36.4 Å². The topological polar surface area (TPSA) is 72.9 Å². The second-order valence-electron chi connectivity index (χ2n) is 7.45. The number of rotatable bonds is 6. The molecule has 36 heavy (non-hydrogen) atoms. The third-order valence-corrected chi connectivity index (χ3v) is 7.20. The van der Waals surface area contributed by atoms with Crippen LogP contribution >= 0.6 is 58.2 Å². The summed E-state index contributed by atoms with van der Waals surface area (Å²) >= 11 is 25.0. The van der Waals surface area contributed by atoms with Crippen molar-refractivity contribution in [1.29, 1.82) is 0 Å². The molecule has 1 saturated heterocycles. The highest BCUT2D eigenvalue weighted by molar-refractivity contribution is 8.18. The van der Waals surface area contributed by atoms with Crippen molar-refractivity contribution >= 4 is 81.4 Å². The van der Waals surface area contributed by atoms with Crippen LogP contribution in [0.3, 0.4) is 0 Å². The lowest BCUT2D eigenvalue weighted by molar-refractivity contribution is -0.123. The van der Waals surface area contributed by atoms with Gasteiger partial charge in [-0.05, 0) is 77.5 Å². The average Bonchev–Trinajstić information content (AvgIpc) is 3.10. The molecule has 0 radical (unpaired) electrons. The number of ether oxygens (including phenoxy) is 2. The van der Waals surface area contributed by atoms with Gasteiger partial charge in [0.05, 0.1) is 39.2 Å². The fourth-order valence-corrected chi connectivity index (χ4v) is 4.81. The van der Waals surface area contributed by atoms with E-state index in [1.807, 2.05) is 0 Å². The van der Waals surface area contributed by atoms with E-state index < -0.39 is 17.1 Å². The second kappa shape index (κ2) is 11.2. The number of carbonyl (C=O) groups excluding carboxylic acids is 3. The molecule has 0 unspecified atom stereocenters. The van der Waals surface area contributed by atoms with Crippen molar-refractivity contribution in [2.45, 2.75) is 6.54 Å². The van der Waals surface area contributed by atoms with Gasteiger partial charge in [-0.3, -0.25) is 14.5 Å². The molecular weight excluding hydrogens is 568 g/mol. The molecule has 6 nitrogen and oxygen atoms in total. The van der Waals surface area contributed by atoms with Gasteiger partial charge >= 0.3 is 5.97 Å². The summed E-state index contributed by atoms with van der Waals surface area (Å²) in [4.78, 5) is 39.3. The first kappa shape index (κ1) is 26.4. The van der Waals surface area contributed by atoms with Crippen LogP contribution in [0.1, 0.15) is 21.5 Å². The fourth-order valence-electron chi connectivity index (χ4n) is 3.27. The number of halogens is 4. The van der Waals surface area contributed by atoms with Crippen LogP contribution in [0.4, 0.5) is 4.79 Å². The maximum Gasteiger partial charge on any atom is 0.343 e. The van der Waals surface area contributed by atoms with Gasteiger partial charge in [0.25, 0.3) is 11.1 Å².